The van der Waals surface area contributed by atoms with E-state index in [-0.39, 0.29) is 11.9 Å². The van der Waals surface area contributed by atoms with E-state index in [1.807, 2.05) is 28.8 Å². The van der Waals surface area contributed by atoms with Crippen molar-refractivity contribution in [2.75, 3.05) is 23.5 Å². The molecule has 0 saturated carbocycles. The number of hydrogen-bond donors (Lipinski definition) is 1. The number of hydrogen-bond acceptors (Lipinski definition) is 6. The molecule has 2 aromatic heterocycles. The van der Waals surface area contributed by atoms with Crippen LogP contribution in [-0.4, -0.2) is 39.1 Å². The first-order chi connectivity index (χ1) is 16.2. The van der Waals surface area contributed by atoms with Crippen LogP contribution < -0.4 is 10.2 Å². The number of carbonyl (C=O) groups is 1. The summed E-state index contributed by atoms with van der Waals surface area (Å²) in [4.78, 5) is 17.8. The van der Waals surface area contributed by atoms with Crippen LogP contribution >= 0.6 is 23.5 Å². The van der Waals surface area contributed by atoms with Crippen molar-refractivity contribution in [2.24, 2.45) is 0 Å². The van der Waals surface area contributed by atoms with E-state index in [4.69, 9.17) is 0 Å². The van der Waals surface area contributed by atoms with Crippen LogP contribution in [0.5, 0.6) is 0 Å². The van der Waals surface area contributed by atoms with Gasteiger partial charge in [0.2, 0.25) is 5.91 Å². The lowest BCUT2D eigenvalue weighted by Crippen LogP contribution is -2.33. The standard InChI is InChI=1S/C25H25N5OS2/c1-32-17-14-18(25-28-27-23-12-6-7-15-30(23)25)26-24(31)13-16-29-19-8-2-4-10-21(19)33-22-11-5-3-9-20(22)29/h2-12,15,18H,13-14,16-17H2,1H3,(H,26,31). The van der Waals surface area contributed by atoms with Gasteiger partial charge in [0.15, 0.2) is 11.5 Å². The maximum absolute atomic E-state index is 13.1. The van der Waals surface area contributed by atoms with Gasteiger partial charge in [-0.1, -0.05) is 42.1 Å². The summed E-state index contributed by atoms with van der Waals surface area (Å²) in [5.41, 5.74) is 3.09. The Hall–Kier alpha value is -2.97. The van der Waals surface area contributed by atoms with Gasteiger partial charge in [0.25, 0.3) is 0 Å². The van der Waals surface area contributed by atoms with E-state index in [1.54, 1.807) is 23.5 Å². The van der Waals surface area contributed by atoms with Crippen molar-refractivity contribution >= 4 is 46.5 Å². The fraction of sp³-hybridized carbons (Fsp3) is 0.240. The molecule has 5 rings (SSSR count). The van der Waals surface area contributed by atoms with Crippen molar-refractivity contribution in [3.8, 4) is 0 Å². The Morgan fingerprint density at radius 1 is 1.00 bits per heavy atom. The molecule has 1 atom stereocenters. The van der Waals surface area contributed by atoms with E-state index in [2.05, 4.69) is 75.2 Å². The summed E-state index contributed by atoms with van der Waals surface area (Å²) in [6.45, 7) is 0.607. The summed E-state index contributed by atoms with van der Waals surface area (Å²) in [5, 5.41) is 11.9. The van der Waals surface area contributed by atoms with Gasteiger partial charge in [0, 0.05) is 29.0 Å². The fourth-order valence-electron chi connectivity index (χ4n) is 4.10. The molecule has 1 unspecified atom stereocenters. The van der Waals surface area contributed by atoms with Crippen LogP contribution in [0.25, 0.3) is 5.65 Å². The van der Waals surface area contributed by atoms with Crippen molar-refractivity contribution in [2.45, 2.75) is 28.7 Å². The number of para-hydroxylation sites is 2. The van der Waals surface area contributed by atoms with Crippen LogP contribution in [-0.2, 0) is 4.79 Å². The summed E-state index contributed by atoms with van der Waals surface area (Å²) in [6, 6.07) is 22.4. The lowest BCUT2D eigenvalue weighted by atomic mass is 10.2. The van der Waals surface area contributed by atoms with Crippen LogP contribution in [0.1, 0.15) is 24.7 Å². The normalized spacial score (nSPS) is 13.4. The van der Waals surface area contributed by atoms with Crippen LogP contribution in [0.3, 0.4) is 0 Å². The zero-order chi connectivity index (χ0) is 22.6. The number of nitrogens with one attached hydrogen (secondary N) is 1. The molecule has 0 radical (unpaired) electrons. The summed E-state index contributed by atoms with van der Waals surface area (Å²) < 4.78 is 1.96. The SMILES string of the molecule is CSCCC(NC(=O)CCN1c2ccccc2Sc2ccccc21)c1nnc2ccccn12. The third kappa shape index (κ3) is 4.58. The molecule has 1 N–H and O–H groups in total. The Bertz CT molecular complexity index is 1230. The summed E-state index contributed by atoms with van der Waals surface area (Å²) in [5.74, 6) is 1.72. The van der Waals surface area contributed by atoms with Gasteiger partial charge in [-0.05, 0) is 54.8 Å². The number of carbonyl (C=O) groups excluding carboxylic acids is 1. The summed E-state index contributed by atoms with van der Waals surface area (Å²) in [7, 11) is 0. The van der Waals surface area contributed by atoms with Gasteiger partial charge in [0.05, 0.1) is 17.4 Å². The molecular formula is C25H25N5OS2. The smallest absolute Gasteiger partial charge is 0.222 e. The first-order valence-electron chi connectivity index (χ1n) is 11.0. The fourth-order valence-corrected chi connectivity index (χ4v) is 5.67. The Morgan fingerprint density at radius 2 is 1.70 bits per heavy atom. The van der Waals surface area contributed by atoms with Gasteiger partial charge in [-0.3, -0.25) is 9.20 Å². The van der Waals surface area contributed by atoms with Crippen molar-refractivity contribution in [3.63, 3.8) is 0 Å². The molecule has 8 heteroatoms. The highest BCUT2D eigenvalue weighted by Crippen LogP contribution is 2.47. The highest BCUT2D eigenvalue weighted by Gasteiger charge is 2.24. The maximum atomic E-state index is 13.1. The third-order valence-electron chi connectivity index (χ3n) is 5.69. The highest BCUT2D eigenvalue weighted by molar-refractivity contribution is 7.99. The Kier molecular flexibility index (Phi) is 6.55. The van der Waals surface area contributed by atoms with Gasteiger partial charge >= 0.3 is 0 Å². The van der Waals surface area contributed by atoms with Crippen molar-refractivity contribution in [1.82, 2.24) is 19.9 Å². The van der Waals surface area contributed by atoms with E-state index in [9.17, 15) is 4.79 Å². The average molecular weight is 476 g/mol. The topological polar surface area (TPSA) is 62.5 Å². The minimum atomic E-state index is -0.182. The van der Waals surface area contributed by atoms with E-state index in [0.717, 1.165) is 35.0 Å². The number of thioether (sulfide) groups is 1. The molecule has 1 aliphatic rings. The largest absolute Gasteiger partial charge is 0.346 e. The molecule has 0 saturated heterocycles. The predicted molar refractivity (Wildman–Crippen MR) is 135 cm³/mol. The van der Waals surface area contributed by atoms with E-state index in [0.29, 0.717) is 13.0 Å². The molecule has 0 spiro atoms. The molecule has 0 bridgehead atoms. The molecule has 168 valence electrons. The number of aromatic nitrogens is 3. The first-order valence-corrected chi connectivity index (χ1v) is 13.2. The molecule has 0 fully saturated rings. The summed E-state index contributed by atoms with van der Waals surface area (Å²) >= 11 is 3.54. The second-order valence-electron chi connectivity index (χ2n) is 7.83. The van der Waals surface area contributed by atoms with E-state index >= 15 is 0 Å². The van der Waals surface area contributed by atoms with Gasteiger partial charge < -0.3 is 10.2 Å². The van der Waals surface area contributed by atoms with Gasteiger partial charge in [-0.15, -0.1) is 10.2 Å². The highest BCUT2D eigenvalue weighted by atomic mass is 32.2. The Balaban J connectivity index is 1.33. The number of benzene rings is 2. The molecule has 33 heavy (non-hydrogen) atoms. The predicted octanol–water partition coefficient (Wildman–Crippen LogP) is 5.33. The van der Waals surface area contributed by atoms with E-state index in [1.165, 1.54) is 9.79 Å². The number of rotatable bonds is 8. The first kappa shape index (κ1) is 21.9. The second kappa shape index (κ2) is 9.89. The monoisotopic (exact) mass is 475 g/mol. The Labute approximate surface area is 201 Å². The number of amides is 1. The van der Waals surface area contributed by atoms with Crippen LogP contribution in [0.15, 0.2) is 82.7 Å². The minimum Gasteiger partial charge on any atom is -0.346 e. The molecule has 6 nitrogen and oxygen atoms in total. The quantitative estimate of drug-likeness (QED) is 0.372. The number of pyridine rings is 1. The van der Waals surface area contributed by atoms with Crippen LogP contribution in [0, 0.1) is 0 Å². The van der Waals surface area contributed by atoms with Crippen molar-refractivity contribution in [1.29, 1.82) is 0 Å². The van der Waals surface area contributed by atoms with Crippen LogP contribution in [0.2, 0.25) is 0 Å². The van der Waals surface area contributed by atoms with Gasteiger partial charge in [-0.25, -0.2) is 0 Å². The number of nitrogens with zero attached hydrogens (tertiary/aromatic N) is 4. The maximum Gasteiger partial charge on any atom is 0.222 e. The summed E-state index contributed by atoms with van der Waals surface area (Å²) in [6.07, 6.45) is 5.21. The van der Waals surface area contributed by atoms with Crippen molar-refractivity contribution < 1.29 is 4.79 Å². The Morgan fingerprint density at radius 3 is 2.42 bits per heavy atom. The van der Waals surface area contributed by atoms with Gasteiger partial charge in [-0.2, -0.15) is 11.8 Å². The lowest BCUT2D eigenvalue weighted by Gasteiger charge is -2.32. The molecule has 1 aliphatic heterocycles. The molecule has 3 heterocycles. The second-order valence-corrected chi connectivity index (χ2v) is 9.90. The molecule has 2 aromatic carbocycles. The van der Waals surface area contributed by atoms with Gasteiger partial charge in [0.1, 0.15) is 0 Å². The molecular weight excluding hydrogens is 450 g/mol. The number of anilines is 2. The number of fused-ring (bicyclic) bond motifs is 3. The minimum absolute atomic E-state index is 0.0157. The molecule has 4 aromatic rings. The molecule has 1 amide bonds. The third-order valence-corrected chi connectivity index (χ3v) is 7.47. The molecule has 0 aliphatic carbocycles. The van der Waals surface area contributed by atoms with E-state index < -0.39 is 0 Å². The van der Waals surface area contributed by atoms with Crippen molar-refractivity contribution in [3.05, 3.63) is 78.8 Å². The van der Waals surface area contributed by atoms with Crippen LogP contribution in [0.4, 0.5) is 11.4 Å². The average Bonchev–Trinajstić information content (AvgIpc) is 3.28. The lowest BCUT2D eigenvalue weighted by molar-refractivity contribution is -0.121. The zero-order valence-corrected chi connectivity index (χ0v) is 20.0. The zero-order valence-electron chi connectivity index (χ0n) is 18.3.